The maximum Gasteiger partial charge on any atom is 0.412 e. The van der Waals surface area contributed by atoms with Crippen LogP contribution < -0.4 is 14.8 Å². The van der Waals surface area contributed by atoms with E-state index in [0.29, 0.717) is 25.3 Å². The Labute approximate surface area is 431 Å². The van der Waals surface area contributed by atoms with Crippen molar-refractivity contribution < 1.29 is 34.1 Å². The number of thioether (sulfide) groups is 1. The Balaban J connectivity index is 1.57. The van der Waals surface area contributed by atoms with E-state index in [2.05, 4.69) is 31.8 Å². The number of carbonyl (C=O) groups is 1. The zero-order valence-corrected chi connectivity index (χ0v) is 46.0. The Hall–Kier alpha value is -2.53. The molecule has 1 aromatic carbocycles. The maximum atomic E-state index is 13.3. The molecule has 0 saturated heterocycles. The summed E-state index contributed by atoms with van der Waals surface area (Å²) in [6.07, 6.45) is 40.6. The Bertz CT molecular complexity index is 1640. The number of unbranched alkanes of at least 4 members (excludes halogenated alkanes) is 24. The highest BCUT2D eigenvalue weighted by Crippen LogP contribution is 2.62. The Morgan fingerprint density at radius 3 is 1.90 bits per heavy atom. The monoisotopic (exact) mass is 995 g/mol. The van der Waals surface area contributed by atoms with Crippen LogP contribution in [-0.4, -0.2) is 70.8 Å². The lowest BCUT2D eigenvalue weighted by Gasteiger charge is -2.58. The van der Waals surface area contributed by atoms with Crippen LogP contribution in [0.2, 0.25) is 0 Å². The largest absolute Gasteiger partial charge is 0.460 e. The predicted octanol–water partition coefficient (Wildman–Crippen LogP) is 16.3. The van der Waals surface area contributed by atoms with Gasteiger partial charge in [-0.2, -0.15) is 11.8 Å². The van der Waals surface area contributed by atoms with Crippen molar-refractivity contribution in [2.24, 2.45) is 22.9 Å². The van der Waals surface area contributed by atoms with E-state index in [0.717, 1.165) is 86.1 Å². The van der Waals surface area contributed by atoms with Gasteiger partial charge in [-0.3, -0.25) is 0 Å². The molecule has 6 atom stereocenters. The Morgan fingerprint density at radius 1 is 0.786 bits per heavy atom. The van der Waals surface area contributed by atoms with Crippen LogP contribution in [0.3, 0.4) is 0 Å². The number of carbonyl (C=O) groups excluding carboxylic acids is 1. The molecule has 0 bridgehead atoms. The minimum atomic E-state index is -1.01. The summed E-state index contributed by atoms with van der Waals surface area (Å²) in [7, 11) is 0. The quantitative estimate of drug-likeness (QED) is 0.0338. The molecule has 1 aliphatic heterocycles. The molecule has 70 heavy (non-hydrogen) atoms. The molecule has 4 rings (SSSR count). The van der Waals surface area contributed by atoms with Crippen LogP contribution in [0, 0.1) is 17.8 Å². The molecule has 0 spiro atoms. The summed E-state index contributed by atoms with van der Waals surface area (Å²) in [5.41, 5.74) is 2.61. The molecule has 400 valence electrons. The number of oxime groups is 1. The first-order valence-electron chi connectivity index (χ1n) is 29.0. The predicted molar refractivity (Wildman–Crippen MR) is 294 cm³/mol. The van der Waals surface area contributed by atoms with E-state index in [1.54, 1.807) is 0 Å². The number of benzene rings is 1. The smallest absolute Gasteiger partial charge is 0.412 e. The lowest BCUT2D eigenvalue weighted by atomic mass is 9.56. The van der Waals surface area contributed by atoms with Crippen molar-refractivity contribution in [3.63, 3.8) is 0 Å². The number of nitrogens with zero attached hydrogens (tertiary/aromatic N) is 1. The second-order valence-corrected chi connectivity index (χ2v) is 23.2. The van der Waals surface area contributed by atoms with Crippen molar-refractivity contribution >= 4 is 23.6 Å². The van der Waals surface area contributed by atoms with Gasteiger partial charge in [0.1, 0.15) is 17.1 Å². The molecule has 1 amide bonds. The van der Waals surface area contributed by atoms with Crippen molar-refractivity contribution in [2.45, 2.75) is 256 Å². The van der Waals surface area contributed by atoms with E-state index in [-0.39, 0.29) is 42.1 Å². The van der Waals surface area contributed by atoms with Gasteiger partial charge in [0.2, 0.25) is 5.79 Å². The van der Waals surface area contributed by atoms with Gasteiger partial charge in [0, 0.05) is 37.7 Å². The number of nitrogens with one attached hydrogen (secondary N) is 1. The van der Waals surface area contributed by atoms with E-state index < -0.39 is 17.5 Å². The molecule has 2 aliphatic carbocycles. The molecule has 0 unspecified atom stereocenters. The van der Waals surface area contributed by atoms with Crippen LogP contribution in [0.25, 0.3) is 0 Å². The van der Waals surface area contributed by atoms with Crippen molar-refractivity contribution in [3.8, 4) is 11.5 Å². The normalized spacial score (nSPS) is 22.2. The van der Waals surface area contributed by atoms with E-state index in [1.807, 2.05) is 56.8 Å². The Morgan fingerprint density at radius 2 is 1.34 bits per heavy atom. The van der Waals surface area contributed by atoms with Gasteiger partial charge < -0.3 is 34.6 Å². The zero-order valence-electron chi connectivity index (χ0n) is 45.2. The number of amides is 1. The van der Waals surface area contributed by atoms with Crippen LogP contribution in [-0.2, 0) is 9.57 Å². The van der Waals surface area contributed by atoms with E-state index in [9.17, 15) is 15.0 Å². The van der Waals surface area contributed by atoms with Crippen LogP contribution >= 0.6 is 11.8 Å². The van der Waals surface area contributed by atoms with Gasteiger partial charge >= 0.3 is 6.09 Å². The molecule has 10 heteroatoms. The molecule has 0 radical (unpaired) electrons. The third-order valence-electron chi connectivity index (χ3n) is 14.9. The number of ether oxygens (including phenoxy) is 3. The first-order valence-corrected chi connectivity index (χ1v) is 30.0. The molecule has 3 N–H and O–H groups in total. The second-order valence-electron chi connectivity index (χ2n) is 21.9. The van der Waals surface area contributed by atoms with E-state index in [1.165, 1.54) is 135 Å². The van der Waals surface area contributed by atoms with Crippen molar-refractivity contribution in [2.75, 3.05) is 32.1 Å². The van der Waals surface area contributed by atoms with Crippen molar-refractivity contribution in [3.05, 3.63) is 48.1 Å². The molecule has 1 heterocycles. The van der Waals surface area contributed by atoms with Gasteiger partial charge in [-0.05, 0) is 101 Å². The molecule has 9 nitrogen and oxygen atoms in total. The summed E-state index contributed by atoms with van der Waals surface area (Å²) in [6.45, 7) is 16.0. The third-order valence-corrected chi connectivity index (χ3v) is 16.3. The van der Waals surface area contributed by atoms with Gasteiger partial charge in [-0.25, -0.2) is 4.79 Å². The summed E-state index contributed by atoms with van der Waals surface area (Å²) >= 11 is 1.95. The van der Waals surface area contributed by atoms with Crippen LogP contribution in [0.5, 0.6) is 11.5 Å². The lowest BCUT2D eigenvalue weighted by Crippen LogP contribution is -2.64. The lowest BCUT2D eigenvalue weighted by molar-refractivity contribution is -0.223. The SMILES string of the molecule is C=CCO[C@@]12Oc3ccc(OC(=O)NCCCCCCCCCCCC)cc3[C@H]3[C@H](CCCCO)[C@@H](CCCCO)C=C(C(=NOC(C)(C)C)C[C@@H]1SCCCCCCCCCCCCCCCC)[C@H]32. The summed E-state index contributed by atoms with van der Waals surface area (Å²) < 4.78 is 20.6. The molecular weight excluding hydrogens is 893 g/mol. The maximum absolute atomic E-state index is 13.3. The van der Waals surface area contributed by atoms with Crippen LogP contribution in [0.15, 0.2) is 47.7 Å². The van der Waals surface area contributed by atoms with Gasteiger partial charge in [0.25, 0.3) is 0 Å². The number of rotatable bonds is 40. The van der Waals surface area contributed by atoms with E-state index >= 15 is 0 Å². The fraction of sp³-hybridized carbons (Fsp3) is 0.800. The van der Waals surface area contributed by atoms with Crippen LogP contribution in [0.1, 0.15) is 245 Å². The van der Waals surface area contributed by atoms with E-state index in [4.69, 9.17) is 24.2 Å². The number of aliphatic hydroxyl groups is 2. The number of hydrogen-bond donors (Lipinski definition) is 3. The molecule has 1 saturated carbocycles. The first-order chi connectivity index (χ1) is 34.1. The number of fused-ring (bicyclic) bond motifs is 2. The van der Waals surface area contributed by atoms with Gasteiger partial charge in [0.05, 0.1) is 23.5 Å². The first kappa shape index (κ1) is 60.0. The molecule has 1 aromatic rings. The fourth-order valence-electron chi connectivity index (χ4n) is 11.2. The summed E-state index contributed by atoms with van der Waals surface area (Å²) in [5, 5.41) is 27.9. The minimum absolute atomic E-state index is 0.0612. The average Bonchev–Trinajstić information content (AvgIpc) is 3.34. The average molecular weight is 996 g/mol. The minimum Gasteiger partial charge on any atom is -0.460 e. The summed E-state index contributed by atoms with van der Waals surface area (Å²) in [6, 6.07) is 5.89. The summed E-state index contributed by atoms with van der Waals surface area (Å²) in [4.78, 5) is 19.6. The highest BCUT2D eigenvalue weighted by atomic mass is 32.2. The molecule has 1 fully saturated rings. The topological polar surface area (TPSA) is 119 Å². The van der Waals surface area contributed by atoms with Crippen molar-refractivity contribution in [1.82, 2.24) is 5.32 Å². The fourth-order valence-corrected chi connectivity index (χ4v) is 12.6. The zero-order chi connectivity index (χ0) is 50.3. The van der Waals surface area contributed by atoms with Gasteiger partial charge in [-0.1, -0.05) is 185 Å². The van der Waals surface area contributed by atoms with Gasteiger partial charge in [0.15, 0.2) is 0 Å². The Kier molecular flexibility index (Phi) is 29.9. The third kappa shape index (κ3) is 20.8. The molecule has 0 aromatic heterocycles. The van der Waals surface area contributed by atoms with Crippen LogP contribution in [0.4, 0.5) is 4.79 Å². The highest BCUT2D eigenvalue weighted by Gasteiger charge is 2.64. The van der Waals surface area contributed by atoms with Crippen molar-refractivity contribution in [1.29, 1.82) is 0 Å². The van der Waals surface area contributed by atoms with Gasteiger partial charge in [-0.15, -0.1) is 6.58 Å². The standard InChI is InChI=1S/C60H102N2O7S/c1-7-10-12-14-16-18-20-21-22-23-25-27-29-35-44-70-55-47-53(62-69-59(4,5)6)51-45-48(36-30-33-41-63)50(37-31-34-42-64)56-52-46-49(38-39-54(52)68-60(55,57(51)56)66-43-9-3)67-58(65)61-40-32-28-26-24-19-17-15-13-11-8-2/h9,38-39,45-46,48,50,55-57,63-64H,3,7-8,10-37,40-44,47H2,1-2,4-6H3,(H,61,65)/t48-,50+,55-,56+,57+,60+/m0/s1. The summed E-state index contributed by atoms with van der Waals surface area (Å²) in [5.74, 6) is 1.30. The number of aliphatic hydroxyl groups excluding tert-OH is 2. The molecule has 3 aliphatic rings. The highest BCUT2D eigenvalue weighted by molar-refractivity contribution is 8.00. The number of allylic oxidation sites excluding steroid dienone is 1. The second kappa shape index (κ2) is 34.8. The number of hydrogen-bond acceptors (Lipinski definition) is 9. The molecular formula is C60H102N2O7S.